The summed E-state index contributed by atoms with van der Waals surface area (Å²) in [6.07, 6.45) is 3.40. The molecule has 4 nitrogen and oxygen atoms in total. The van der Waals surface area contributed by atoms with Crippen molar-refractivity contribution in [2.75, 3.05) is 18.1 Å². The van der Waals surface area contributed by atoms with E-state index < -0.39 is 0 Å². The van der Waals surface area contributed by atoms with Gasteiger partial charge in [0.15, 0.2) is 5.13 Å². The van der Waals surface area contributed by atoms with Crippen LogP contribution in [0.25, 0.3) is 10.2 Å². The Morgan fingerprint density at radius 3 is 2.35 bits per heavy atom. The lowest BCUT2D eigenvalue weighted by molar-refractivity contribution is -0.119. The number of hydrogen-bond donors (Lipinski definition) is 0. The topological polar surface area (TPSA) is 42.4 Å². The average molecular weight is 471 g/mol. The second-order valence-electron chi connectivity index (χ2n) is 8.83. The third-order valence-corrected chi connectivity index (χ3v) is 7.64. The van der Waals surface area contributed by atoms with Gasteiger partial charge in [0, 0.05) is 18.9 Å². The SMILES string of the molecule is CCc1cccc2sc(N(C[C@@H]3CCCO3)C(=O)CC(c3ccccc3)c3ccccc3)nc12. The molecule has 174 valence electrons. The Kier molecular flexibility index (Phi) is 7.02. The lowest BCUT2D eigenvalue weighted by Gasteiger charge is -2.26. The lowest BCUT2D eigenvalue weighted by Crippen LogP contribution is -2.38. The molecule has 5 heteroatoms. The van der Waals surface area contributed by atoms with Crippen LogP contribution in [0.4, 0.5) is 5.13 Å². The second-order valence-corrected chi connectivity index (χ2v) is 9.84. The zero-order chi connectivity index (χ0) is 23.3. The number of carbonyl (C=O) groups excluding carboxylic acids is 1. The van der Waals surface area contributed by atoms with Crippen molar-refractivity contribution in [3.63, 3.8) is 0 Å². The Bertz CT molecular complexity index is 1190. The minimum absolute atomic E-state index is 0.0116. The first kappa shape index (κ1) is 22.8. The number of fused-ring (bicyclic) bond motifs is 1. The summed E-state index contributed by atoms with van der Waals surface area (Å²) in [7, 11) is 0. The van der Waals surface area contributed by atoms with Gasteiger partial charge in [-0.15, -0.1) is 0 Å². The number of anilines is 1. The Hall–Kier alpha value is -3.02. The molecule has 34 heavy (non-hydrogen) atoms. The summed E-state index contributed by atoms with van der Waals surface area (Å²) in [4.78, 5) is 20.8. The molecular formula is C29H30N2O2S. The van der Waals surface area contributed by atoms with E-state index in [4.69, 9.17) is 9.72 Å². The van der Waals surface area contributed by atoms with E-state index in [1.165, 1.54) is 5.56 Å². The molecule has 1 aliphatic rings. The number of benzene rings is 3. The van der Waals surface area contributed by atoms with E-state index in [0.29, 0.717) is 13.0 Å². The van der Waals surface area contributed by atoms with Crippen molar-refractivity contribution in [1.29, 1.82) is 0 Å². The lowest BCUT2D eigenvalue weighted by atomic mass is 9.88. The summed E-state index contributed by atoms with van der Waals surface area (Å²) >= 11 is 1.60. The van der Waals surface area contributed by atoms with Crippen LogP contribution in [-0.4, -0.2) is 30.1 Å². The van der Waals surface area contributed by atoms with Crippen LogP contribution in [0.15, 0.2) is 78.9 Å². The van der Waals surface area contributed by atoms with Gasteiger partial charge >= 0.3 is 0 Å². The van der Waals surface area contributed by atoms with Gasteiger partial charge in [0.1, 0.15) is 0 Å². The van der Waals surface area contributed by atoms with Gasteiger partial charge in [-0.2, -0.15) is 0 Å². The Balaban J connectivity index is 1.49. The molecule has 1 aliphatic heterocycles. The van der Waals surface area contributed by atoms with Gasteiger partial charge in [0.05, 0.1) is 22.9 Å². The normalized spacial score (nSPS) is 15.8. The molecule has 0 radical (unpaired) electrons. The highest BCUT2D eigenvalue weighted by Crippen LogP contribution is 2.34. The van der Waals surface area contributed by atoms with E-state index in [-0.39, 0.29) is 17.9 Å². The van der Waals surface area contributed by atoms with E-state index in [1.54, 1.807) is 11.3 Å². The fourth-order valence-corrected chi connectivity index (χ4v) is 5.80. The van der Waals surface area contributed by atoms with E-state index in [0.717, 1.165) is 52.3 Å². The van der Waals surface area contributed by atoms with Gasteiger partial charge in [-0.1, -0.05) is 91.1 Å². The van der Waals surface area contributed by atoms with Crippen LogP contribution in [0, 0.1) is 0 Å². The molecule has 5 rings (SSSR count). The number of rotatable bonds is 8. The standard InChI is InChI=1S/C29H30N2O2S/c1-2-21-15-9-17-26-28(21)30-29(34-26)31(20-24-16-10-18-33-24)27(32)19-25(22-11-5-3-6-12-22)23-13-7-4-8-14-23/h3-9,11-15,17,24-25H,2,10,16,18-20H2,1H3/t24-/m0/s1. The summed E-state index contributed by atoms with van der Waals surface area (Å²) in [6, 6.07) is 26.9. The van der Waals surface area contributed by atoms with E-state index in [1.807, 2.05) is 41.3 Å². The van der Waals surface area contributed by atoms with Gasteiger partial charge in [0.25, 0.3) is 0 Å². The fraction of sp³-hybridized carbons (Fsp3) is 0.310. The molecule has 0 N–H and O–H groups in total. The minimum Gasteiger partial charge on any atom is -0.376 e. The maximum atomic E-state index is 14.0. The Labute approximate surface area is 205 Å². The van der Waals surface area contributed by atoms with Gasteiger partial charge in [-0.05, 0) is 42.0 Å². The second kappa shape index (κ2) is 10.5. The quantitative estimate of drug-likeness (QED) is 0.292. The molecule has 1 amide bonds. The summed E-state index contributed by atoms with van der Waals surface area (Å²) in [5.74, 6) is 0.0767. The molecule has 4 aromatic rings. The molecule has 0 spiro atoms. The predicted octanol–water partition coefficient (Wildman–Crippen LogP) is 6.59. The molecule has 1 atom stereocenters. The number of nitrogens with zero attached hydrogens (tertiary/aromatic N) is 2. The largest absolute Gasteiger partial charge is 0.376 e. The van der Waals surface area contributed by atoms with Crippen LogP contribution in [-0.2, 0) is 16.0 Å². The number of ether oxygens (including phenoxy) is 1. The Morgan fingerprint density at radius 1 is 1.03 bits per heavy atom. The van der Waals surface area contributed by atoms with Gasteiger partial charge in [-0.3, -0.25) is 9.69 Å². The zero-order valence-electron chi connectivity index (χ0n) is 19.5. The zero-order valence-corrected chi connectivity index (χ0v) is 20.3. The maximum Gasteiger partial charge on any atom is 0.229 e. The predicted molar refractivity (Wildman–Crippen MR) is 140 cm³/mol. The maximum absolute atomic E-state index is 14.0. The number of para-hydroxylation sites is 1. The molecule has 2 heterocycles. The number of amides is 1. The van der Waals surface area contributed by atoms with E-state index in [9.17, 15) is 4.79 Å². The van der Waals surface area contributed by atoms with Gasteiger partial charge < -0.3 is 4.74 Å². The molecule has 0 unspecified atom stereocenters. The van der Waals surface area contributed by atoms with Crippen molar-refractivity contribution in [2.45, 2.75) is 44.6 Å². The van der Waals surface area contributed by atoms with Gasteiger partial charge in [0.2, 0.25) is 5.91 Å². The fourth-order valence-electron chi connectivity index (χ4n) is 4.76. The van der Waals surface area contributed by atoms with Crippen molar-refractivity contribution < 1.29 is 9.53 Å². The summed E-state index contributed by atoms with van der Waals surface area (Å²) in [5, 5.41) is 0.774. The van der Waals surface area contributed by atoms with Crippen LogP contribution in [0.1, 0.15) is 48.8 Å². The van der Waals surface area contributed by atoms with Crippen LogP contribution in [0.3, 0.4) is 0 Å². The van der Waals surface area contributed by atoms with Crippen molar-refractivity contribution in [3.8, 4) is 0 Å². The van der Waals surface area contributed by atoms with Crippen LogP contribution < -0.4 is 4.90 Å². The molecular weight excluding hydrogens is 440 g/mol. The highest BCUT2D eigenvalue weighted by atomic mass is 32.1. The number of hydrogen-bond acceptors (Lipinski definition) is 4. The summed E-state index contributed by atoms with van der Waals surface area (Å²) in [5.41, 5.74) is 4.53. The monoisotopic (exact) mass is 470 g/mol. The highest BCUT2D eigenvalue weighted by Gasteiger charge is 2.29. The van der Waals surface area contributed by atoms with Gasteiger partial charge in [-0.25, -0.2) is 4.98 Å². The summed E-state index contributed by atoms with van der Waals surface area (Å²) in [6.45, 7) is 3.47. The first-order valence-electron chi connectivity index (χ1n) is 12.1. The minimum atomic E-state index is -0.0116. The number of carbonyl (C=O) groups is 1. The van der Waals surface area contributed by atoms with Crippen LogP contribution in [0.5, 0.6) is 0 Å². The molecule has 1 aromatic heterocycles. The first-order chi connectivity index (χ1) is 16.7. The molecule has 0 saturated carbocycles. The molecule has 0 bridgehead atoms. The smallest absolute Gasteiger partial charge is 0.229 e. The number of aryl methyl sites for hydroxylation is 1. The molecule has 0 aliphatic carbocycles. The molecule has 3 aromatic carbocycles. The van der Waals surface area contributed by atoms with Crippen LogP contribution in [0.2, 0.25) is 0 Å². The first-order valence-corrected chi connectivity index (χ1v) is 12.9. The van der Waals surface area contributed by atoms with Crippen molar-refractivity contribution in [1.82, 2.24) is 4.98 Å². The third kappa shape index (κ3) is 4.91. The summed E-state index contributed by atoms with van der Waals surface area (Å²) < 4.78 is 7.06. The van der Waals surface area contributed by atoms with Crippen molar-refractivity contribution in [3.05, 3.63) is 95.6 Å². The molecule has 1 fully saturated rings. The number of thiazole rings is 1. The highest BCUT2D eigenvalue weighted by molar-refractivity contribution is 7.22. The molecule has 1 saturated heterocycles. The van der Waals surface area contributed by atoms with E-state index in [2.05, 4.69) is 49.4 Å². The van der Waals surface area contributed by atoms with E-state index >= 15 is 0 Å². The third-order valence-electron chi connectivity index (χ3n) is 6.60. The van der Waals surface area contributed by atoms with Crippen LogP contribution >= 0.6 is 11.3 Å². The number of aromatic nitrogens is 1. The van der Waals surface area contributed by atoms with Crippen molar-refractivity contribution >= 4 is 32.6 Å². The van der Waals surface area contributed by atoms with Crippen molar-refractivity contribution in [2.24, 2.45) is 0 Å². The average Bonchev–Trinajstić information content (AvgIpc) is 3.56. The Morgan fingerprint density at radius 2 is 1.74 bits per heavy atom.